The number of aryl methyl sites for hydroxylation is 2. The first-order valence-electron chi connectivity index (χ1n) is 5.71. The number of pyridine rings is 1. The highest BCUT2D eigenvalue weighted by Gasteiger charge is 2.12. The first kappa shape index (κ1) is 13.4. The molecule has 1 amide bonds. The summed E-state index contributed by atoms with van der Waals surface area (Å²) in [5.74, 6) is -0.550. The van der Waals surface area contributed by atoms with Gasteiger partial charge in [-0.1, -0.05) is 11.6 Å². The van der Waals surface area contributed by atoms with Crippen molar-refractivity contribution in [2.24, 2.45) is 0 Å². The average molecular weight is 277 g/mol. The molecule has 0 atom stereocenters. The summed E-state index contributed by atoms with van der Waals surface area (Å²) in [4.78, 5) is 16.3. The molecule has 0 aliphatic rings. The topological polar surface area (TPSA) is 62.2 Å². The van der Waals surface area contributed by atoms with E-state index in [2.05, 4.69) is 10.3 Å². The number of aromatic hydroxyl groups is 1. The quantitative estimate of drug-likeness (QED) is 0.884. The van der Waals surface area contributed by atoms with Crippen LogP contribution < -0.4 is 5.32 Å². The number of halogens is 1. The Morgan fingerprint density at radius 2 is 2.00 bits per heavy atom. The molecular weight excluding hydrogens is 264 g/mol. The molecule has 0 aliphatic carbocycles. The maximum Gasteiger partial charge on any atom is 0.259 e. The van der Waals surface area contributed by atoms with E-state index < -0.39 is 5.91 Å². The SMILES string of the molecule is Cc1ccc(NC(=O)c2ccc(Cl)cc2O)c(C)n1. The standard InChI is InChI=1S/C14H13ClN2O2/c1-8-3-6-12(9(2)16-8)17-14(19)11-5-4-10(15)7-13(11)18/h3-7,18H,1-2H3,(H,17,19). The van der Waals surface area contributed by atoms with E-state index in [-0.39, 0.29) is 11.3 Å². The number of amides is 1. The van der Waals surface area contributed by atoms with Gasteiger partial charge in [0.2, 0.25) is 0 Å². The van der Waals surface area contributed by atoms with Crippen LogP contribution in [0.1, 0.15) is 21.7 Å². The van der Waals surface area contributed by atoms with Crippen LogP contribution in [-0.4, -0.2) is 16.0 Å². The van der Waals surface area contributed by atoms with Gasteiger partial charge in [-0.3, -0.25) is 9.78 Å². The Morgan fingerprint density at radius 1 is 1.26 bits per heavy atom. The van der Waals surface area contributed by atoms with Crippen molar-refractivity contribution in [3.05, 3.63) is 52.3 Å². The molecule has 5 heteroatoms. The summed E-state index contributed by atoms with van der Waals surface area (Å²) >= 11 is 5.72. The highest BCUT2D eigenvalue weighted by molar-refractivity contribution is 6.31. The molecule has 0 fully saturated rings. The van der Waals surface area contributed by atoms with Gasteiger partial charge in [-0.25, -0.2) is 0 Å². The van der Waals surface area contributed by atoms with Gasteiger partial charge in [0.05, 0.1) is 16.9 Å². The third-order valence-electron chi connectivity index (χ3n) is 2.68. The zero-order valence-corrected chi connectivity index (χ0v) is 11.3. The second-order valence-corrected chi connectivity index (χ2v) is 4.64. The number of phenols is 1. The van der Waals surface area contributed by atoms with E-state index in [0.29, 0.717) is 10.7 Å². The van der Waals surface area contributed by atoms with E-state index in [4.69, 9.17) is 11.6 Å². The average Bonchev–Trinajstić information content (AvgIpc) is 2.32. The number of carbonyl (C=O) groups is 1. The van der Waals surface area contributed by atoms with Crippen LogP contribution in [0.15, 0.2) is 30.3 Å². The fourth-order valence-electron chi connectivity index (χ4n) is 1.71. The zero-order valence-electron chi connectivity index (χ0n) is 10.6. The summed E-state index contributed by atoms with van der Waals surface area (Å²) in [7, 11) is 0. The minimum absolute atomic E-state index is 0.150. The van der Waals surface area contributed by atoms with Gasteiger partial charge in [0.15, 0.2) is 0 Å². The summed E-state index contributed by atoms with van der Waals surface area (Å²) in [6, 6.07) is 7.95. The van der Waals surface area contributed by atoms with Crippen LogP contribution in [0, 0.1) is 13.8 Å². The van der Waals surface area contributed by atoms with Crippen molar-refractivity contribution in [1.29, 1.82) is 0 Å². The summed E-state index contributed by atoms with van der Waals surface area (Å²) in [6.45, 7) is 3.69. The number of rotatable bonds is 2. The van der Waals surface area contributed by atoms with Crippen molar-refractivity contribution in [3.63, 3.8) is 0 Å². The second kappa shape index (κ2) is 5.28. The summed E-state index contributed by atoms with van der Waals surface area (Å²) in [5.41, 5.74) is 2.39. The van der Waals surface area contributed by atoms with Gasteiger partial charge in [-0.15, -0.1) is 0 Å². The highest BCUT2D eigenvalue weighted by atomic mass is 35.5. The van der Waals surface area contributed by atoms with E-state index in [9.17, 15) is 9.90 Å². The lowest BCUT2D eigenvalue weighted by Crippen LogP contribution is -2.13. The number of hydrogen-bond acceptors (Lipinski definition) is 3. The maximum absolute atomic E-state index is 12.0. The van der Waals surface area contributed by atoms with E-state index >= 15 is 0 Å². The van der Waals surface area contributed by atoms with Crippen molar-refractivity contribution in [2.75, 3.05) is 5.32 Å². The smallest absolute Gasteiger partial charge is 0.259 e. The third-order valence-corrected chi connectivity index (χ3v) is 2.91. The number of carbonyl (C=O) groups excluding carboxylic acids is 1. The largest absolute Gasteiger partial charge is 0.507 e. The minimum Gasteiger partial charge on any atom is -0.507 e. The van der Waals surface area contributed by atoms with Gasteiger partial charge in [0.25, 0.3) is 5.91 Å². The van der Waals surface area contributed by atoms with E-state index in [0.717, 1.165) is 11.4 Å². The fraction of sp³-hybridized carbons (Fsp3) is 0.143. The van der Waals surface area contributed by atoms with Crippen molar-refractivity contribution in [3.8, 4) is 5.75 Å². The minimum atomic E-state index is -0.400. The Morgan fingerprint density at radius 3 is 2.63 bits per heavy atom. The lowest BCUT2D eigenvalue weighted by Gasteiger charge is -2.09. The van der Waals surface area contributed by atoms with Crippen LogP contribution in [0.5, 0.6) is 5.75 Å². The Bertz CT molecular complexity index is 641. The molecule has 2 aromatic rings. The number of aromatic nitrogens is 1. The molecule has 0 radical (unpaired) electrons. The molecule has 1 aromatic heterocycles. The normalized spacial score (nSPS) is 10.3. The third kappa shape index (κ3) is 3.03. The molecule has 19 heavy (non-hydrogen) atoms. The van der Waals surface area contributed by atoms with E-state index in [1.54, 1.807) is 12.1 Å². The Kier molecular flexibility index (Phi) is 3.71. The molecule has 98 valence electrons. The van der Waals surface area contributed by atoms with Crippen LogP contribution in [0.3, 0.4) is 0 Å². The summed E-state index contributed by atoms with van der Waals surface area (Å²) in [6.07, 6.45) is 0. The van der Waals surface area contributed by atoms with Gasteiger partial charge < -0.3 is 10.4 Å². The second-order valence-electron chi connectivity index (χ2n) is 4.20. The highest BCUT2D eigenvalue weighted by Crippen LogP contribution is 2.23. The van der Waals surface area contributed by atoms with Crippen LogP contribution in [-0.2, 0) is 0 Å². The molecule has 2 N–H and O–H groups in total. The number of nitrogens with zero attached hydrogens (tertiary/aromatic N) is 1. The molecule has 1 aromatic carbocycles. The van der Waals surface area contributed by atoms with Crippen LogP contribution >= 0.6 is 11.6 Å². The van der Waals surface area contributed by atoms with E-state index in [1.165, 1.54) is 12.1 Å². The predicted molar refractivity (Wildman–Crippen MR) is 74.8 cm³/mol. The Hall–Kier alpha value is -2.07. The Labute approximate surface area is 116 Å². The molecule has 2 rings (SSSR count). The lowest BCUT2D eigenvalue weighted by atomic mass is 10.2. The molecule has 0 bridgehead atoms. The first-order valence-corrected chi connectivity index (χ1v) is 6.09. The number of phenolic OH excluding ortho intramolecular Hbond substituents is 1. The molecule has 0 aliphatic heterocycles. The van der Waals surface area contributed by atoms with Crippen molar-refractivity contribution in [2.45, 2.75) is 13.8 Å². The fourth-order valence-corrected chi connectivity index (χ4v) is 1.87. The lowest BCUT2D eigenvalue weighted by molar-refractivity contribution is 0.102. The predicted octanol–water partition coefficient (Wildman–Crippen LogP) is 3.31. The number of nitrogens with one attached hydrogen (secondary N) is 1. The monoisotopic (exact) mass is 276 g/mol. The van der Waals surface area contributed by atoms with Gasteiger partial charge in [-0.05, 0) is 44.2 Å². The van der Waals surface area contributed by atoms with Crippen molar-refractivity contribution >= 4 is 23.2 Å². The molecule has 4 nitrogen and oxygen atoms in total. The summed E-state index contributed by atoms with van der Waals surface area (Å²) in [5, 5.41) is 12.8. The van der Waals surface area contributed by atoms with Gasteiger partial charge in [0, 0.05) is 10.7 Å². The Balaban J connectivity index is 2.25. The first-order chi connectivity index (χ1) is 8.97. The van der Waals surface area contributed by atoms with Gasteiger partial charge in [-0.2, -0.15) is 0 Å². The molecule has 1 heterocycles. The van der Waals surface area contributed by atoms with Crippen molar-refractivity contribution < 1.29 is 9.90 Å². The van der Waals surface area contributed by atoms with Gasteiger partial charge >= 0.3 is 0 Å². The van der Waals surface area contributed by atoms with E-state index in [1.807, 2.05) is 19.9 Å². The maximum atomic E-state index is 12.0. The molecule has 0 saturated heterocycles. The number of anilines is 1. The van der Waals surface area contributed by atoms with Crippen LogP contribution in [0.25, 0.3) is 0 Å². The van der Waals surface area contributed by atoms with Crippen molar-refractivity contribution in [1.82, 2.24) is 4.98 Å². The summed E-state index contributed by atoms with van der Waals surface area (Å²) < 4.78 is 0. The zero-order chi connectivity index (χ0) is 14.0. The van der Waals surface area contributed by atoms with Crippen LogP contribution in [0.2, 0.25) is 5.02 Å². The molecule has 0 spiro atoms. The molecule has 0 unspecified atom stereocenters. The molecule has 0 saturated carbocycles. The number of benzene rings is 1. The van der Waals surface area contributed by atoms with Crippen LogP contribution in [0.4, 0.5) is 5.69 Å². The molecular formula is C14H13ClN2O2. The van der Waals surface area contributed by atoms with Gasteiger partial charge in [0.1, 0.15) is 5.75 Å². The number of hydrogen-bond donors (Lipinski definition) is 2.